The summed E-state index contributed by atoms with van der Waals surface area (Å²) in [4.78, 5) is 23.1. The van der Waals surface area contributed by atoms with Gasteiger partial charge in [-0.15, -0.1) is 0 Å². The van der Waals surface area contributed by atoms with E-state index in [1.54, 1.807) is 29.8 Å². The number of rotatable bonds is 2. The van der Waals surface area contributed by atoms with Crippen molar-refractivity contribution in [1.82, 2.24) is 4.57 Å². The number of carbonyl (C=O) groups is 2. The number of ether oxygens (including phenoxy) is 1. The normalized spacial score (nSPS) is 19.8. The molecule has 0 aliphatic carbocycles. The van der Waals surface area contributed by atoms with Crippen LogP contribution in [0.2, 0.25) is 0 Å². The molecule has 4 heteroatoms. The molecule has 0 amide bonds. The number of aromatic nitrogens is 1. The van der Waals surface area contributed by atoms with Crippen LogP contribution in [0.3, 0.4) is 0 Å². The third-order valence-corrected chi connectivity index (χ3v) is 2.60. The lowest BCUT2D eigenvalue weighted by Gasteiger charge is -2.23. The van der Waals surface area contributed by atoms with Crippen LogP contribution in [0.25, 0.3) is 0 Å². The molecule has 0 aromatic carbocycles. The predicted octanol–water partition coefficient (Wildman–Crippen LogP) is 1.57. The SMILES string of the molecule is CCOC(=O)C1CCC(=O)c2cccn21. The summed E-state index contributed by atoms with van der Waals surface area (Å²) in [6.45, 7) is 2.16. The van der Waals surface area contributed by atoms with Crippen LogP contribution < -0.4 is 0 Å². The summed E-state index contributed by atoms with van der Waals surface area (Å²) in [5.41, 5.74) is 0.610. The molecule has 1 unspecified atom stereocenters. The number of nitrogens with zero attached hydrogens (tertiary/aromatic N) is 1. The second kappa shape index (κ2) is 3.88. The molecule has 15 heavy (non-hydrogen) atoms. The maximum absolute atomic E-state index is 11.6. The predicted molar refractivity (Wildman–Crippen MR) is 53.7 cm³/mol. The first kappa shape index (κ1) is 9.96. The molecule has 1 aliphatic heterocycles. The molecular formula is C11H13NO3. The summed E-state index contributed by atoms with van der Waals surface area (Å²) in [7, 11) is 0. The molecule has 1 aliphatic rings. The highest BCUT2D eigenvalue weighted by molar-refractivity contribution is 5.96. The highest BCUT2D eigenvalue weighted by Gasteiger charge is 2.30. The van der Waals surface area contributed by atoms with Crippen molar-refractivity contribution in [3.8, 4) is 0 Å². The molecule has 80 valence electrons. The zero-order valence-corrected chi connectivity index (χ0v) is 8.60. The number of fused-ring (bicyclic) bond motifs is 1. The fourth-order valence-electron chi connectivity index (χ4n) is 1.91. The van der Waals surface area contributed by atoms with E-state index in [4.69, 9.17) is 4.74 Å². The number of carbonyl (C=O) groups excluding carboxylic acids is 2. The first-order valence-electron chi connectivity index (χ1n) is 5.10. The summed E-state index contributed by atoms with van der Waals surface area (Å²) < 4.78 is 6.68. The Balaban J connectivity index is 2.28. The van der Waals surface area contributed by atoms with Crippen molar-refractivity contribution in [1.29, 1.82) is 0 Å². The summed E-state index contributed by atoms with van der Waals surface area (Å²) in [5, 5.41) is 0. The molecule has 0 N–H and O–H groups in total. The molecular weight excluding hydrogens is 194 g/mol. The molecule has 1 atom stereocenters. The third kappa shape index (κ3) is 1.67. The molecule has 0 fully saturated rings. The van der Waals surface area contributed by atoms with Gasteiger partial charge in [-0.25, -0.2) is 4.79 Å². The van der Waals surface area contributed by atoms with Crippen LogP contribution in [-0.4, -0.2) is 22.9 Å². The van der Waals surface area contributed by atoms with Crippen molar-refractivity contribution in [2.75, 3.05) is 6.61 Å². The van der Waals surface area contributed by atoms with E-state index in [1.807, 2.05) is 0 Å². The Hall–Kier alpha value is -1.58. The van der Waals surface area contributed by atoms with E-state index in [0.29, 0.717) is 25.1 Å². The molecule has 0 saturated heterocycles. The van der Waals surface area contributed by atoms with Crippen molar-refractivity contribution in [2.45, 2.75) is 25.8 Å². The van der Waals surface area contributed by atoms with Crippen LogP contribution in [0.1, 0.15) is 36.3 Å². The number of esters is 1. The van der Waals surface area contributed by atoms with Gasteiger partial charge in [-0.05, 0) is 25.5 Å². The first-order valence-corrected chi connectivity index (χ1v) is 5.10. The zero-order chi connectivity index (χ0) is 10.8. The van der Waals surface area contributed by atoms with E-state index in [2.05, 4.69) is 0 Å². The first-order chi connectivity index (χ1) is 7.24. The topological polar surface area (TPSA) is 48.3 Å². The molecule has 4 nitrogen and oxygen atoms in total. The van der Waals surface area contributed by atoms with E-state index in [1.165, 1.54) is 0 Å². The average molecular weight is 207 g/mol. The van der Waals surface area contributed by atoms with Crippen LogP contribution in [0.4, 0.5) is 0 Å². The van der Waals surface area contributed by atoms with Crippen LogP contribution in [0, 0.1) is 0 Å². The van der Waals surface area contributed by atoms with E-state index in [0.717, 1.165) is 0 Å². The minimum absolute atomic E-state index is 0.0977. The third-order valence-electron chi connectivity index (χ3n) is 2.60. The van der Waals surface area contributed by atoms with E-state index in [-0.39, 0.29) is 17.8 Å². The van der Waals surface area contributed by atoms with Gasteiger partial charge in [-0.2, -0.15) is 0 Å². The molecule has 1 aromatic rings. The van der Waals surface area contributed by atoms with Crippen LogP contribution in [0.15, 0.2) is 18.3 Å². The van der Waals surface area contributed by atoms with Crippen molar-refractivity contribution in [3.63, 3.8) is 0 Å². The van der Waals surface area contributed by atoms with Gasteiger partial charge in [0.2, 0.25) is 0 Å². The van der Waals surface area contributed by atoms with Gasteiger partial charge < -0.3 is 9.30 Å². The largest absolute Gasteiger partial charge is 0.464 e. The Bertz CT molecular complexity index is 394. The van der Waals surface area contributed by atoms with Crippen molar-refractivity contribution < 1.29 is 14.3 Å². The molecule has 0 saturated carbocycles. The highest BCUT2D eigenvalue weighted by atomic mass is 16.5. The average Bonchev–Trinajstić information content (AvgIpc) is 2.68. The second-order valence-corrected chi connectivity index (χ2v) is 3.53. The standard InChI is InChI=1S/C11H13NO3/c1-2-15-11(14)9-5-6-10(13)8-4-3-7-12(8)9/h3-4,7,9H,2,5-6H2,1H3. The zero-order valence-electron chi connectivity index (χ0n) is 8.60. The van der Waals surface area contributed by atoms with Gasteiger partial charge >= 0.3 is 5.97 Å². The number of hydrogen-bond donors (Lipinski definition) is 0. The molecule has 1 aromatic heterocycles. The van der Waals surface area contributed by atoms with Gasteiger partial charge in [-0.1, -0.05) is 0 Å². The Labute approximate surface area is 87.8 Å². The molecule has 2 rings (SSSR count). The Morgan fingerprint density at radius 1 is 1.67 bits per heavy atom. The van der Waals surface area contributed by atoms with Gasteiger partial charge in [0.05, 0.1) is 12.3 Å². The summed E-state index contributed by atoms with van der Waals surface area (Å²) in [6, 6.07) is 3.20. The number of hydrogen-bond acceptors (Lipinski definition) is 3. The lowest BCUT2D eigenvalue weighted by molar-refractivity contribution is -0.147. The smallest absolute Gasteiger partial charge is 0.329 e. The maximum Gasteiger partial charge on any atom is 0.329 e. The van der Waals surface area contributed by atoms with E-state index in [9.17, 15) is 9.59 Å². The number of ketones is 1. The fourth-order valence-corrected chi connectivity index (χ4v) is 1.91. The Morgan fingerprint density at radius 2 is 2.47 bits per heavy atom. The van der Waals surface area contributed by atoms with Gasteiger partial charge in [0.25, 0.3) is 0 Å². The highest BCUT2D eigenvalue weighted by Crippen LogP contribution is 2.26. The Kier molecular flexibility index (Phi) is 2.58. The van der Waals surface area contributed by atoms with Crippen LogP contribution in [0.5, 0.6) is 0 Å². The van der Waals surface area contributed by atoms with E-state index >= 15 is 0 Å². The summed E-state index contributed by atoms with van der Waals surface area (Å²) >= 11 is 0. The molecule has 0 spiro atoms. The van der Waals surface area contributed by atoms with Crippen molar-refractivity contribution >= 4 is 11.8 Å². The van der Waals surface area contributed by atoms with Crippen LogP contribution in [-0.2, 0) is 9.53 Å². The fraction of sp³-hybridized carbons (Fsp3) is 0.455. The molecule has 2 heterocycles. The van der Waals surface area contributed by atoms with Gasteiger partial charge in [-0.3, -0.25) is 4.79 Å². The second-order valence-electron chi connectivity index (χ2n) is 3.53. The minimum atomic E-state index is -0.326. The lowest BCUT2D eigenvalue weighted by Crippen LogP contribution is -2.28. The van der Waals surface area contributed by atoms with Gasteiger partial charge in [0, 0.05) is 12.6 Å². The monoisotopic (exact) mass is 207 g/mol. The molecule has 0 bridgehead atoms. The maximum atomic E-state index is 11.6. The Morgan fingerprint density at radius 3 is 3.20 bits per heavy atom. The minimum Gasteiger partial charge on any atom is -0.464 e. The van der Waals surface area contributed by atoms with E-state index < -0.39 is 0 Å². The van der Waals surface area contributed by atoms with Gasteiger partial charge in [0.1, 0.15) is 6.04 Å². The van der Waals surface area contributed by atoms with Gasteiger partial charge in [0.15, 0.2) is 5.78 Å². The number of Topliss-reactive ketones (excluding diaryl/α,β-unsaturated/α-hetero) is 1. The quantitative estimate of drug-likeness (QED) is 0.691. The van der Waals surface area contributed by atoms with Crippen molar-refractivity contribution in [3.05, 3.63) is 24.0 Å². The molecule has 0 radical (unpaired) electrons. The summed E-state index contributed by atoms with van der Waals surface area (Å²) in [6.07, 6.45) is 2.72. The summed E-state index contributed by atoms with van der Waals surface area (Å²) in [5.74, 6) is -0.150. The van der Waals surface area contributed by atoms with Crippen molar-refractivity contribution in [2.24, 2.45) is 0 Å². The lowest BCUT2D eigenvalue weighted by atomic mass is 10.0. The van der Waals surface area contributed by atoms with Crippen LogP contribution >= 0.6 is 0 Å².